The van der Waals surface area contributed by atoms with Gasteiger partial charge in [0.1, 0.15) is 5.52 Å². The number of carbonyl (C=O) groups excluding carboxylic acids is 1. The molecule has 0 aliphatic rings. The molecule has 21 heavy (non-hydrogen) atoms. The standard InChI is InChI=1S/C16H13BrN2O2/c1-10-18-14-8-11(2-7-15(14)21-10)9-16(20)19-13-5-3-12(17)4-6-13/h2-8H,9H2,1H3,(H,19,20). The molecule has 3 aromatic rings. The smallest absolute Gasteiger partial charge is 0.228 e. The molecule has 5 heteroatoms. The Morgan fingerprint density at radius 1 is 1.24 bits per heavy atom. The molecule has 1 amide bonds. The number of hydrogen-bond acceptors (Lipinski definition) is 3. The quantitative estimate of drug-likeness (QED) is 0.778. The molecule has 0 bridgehead atoms. The van der Waals surface area contributed by atoms with Gasteiger partial charge in [0.25, 0.3) is 0 Å². The molecule has 0 saturated heterocycles. The summed E-state index contributed by atoms with van der Waals surface area (Å²) in [5.74, 6) is 0.568. The second kappa shape index (κ2) is 5.69. The van der Waals surface area contributed by atoms with E-state index in [4.69, 9.17) is 4.42 Å². The van der Waals surface area contributed by atoms with Crippen LogP contribution in [0.25, 0.3) is 11.1 Å². The van der Waals surface area contributed by atoms with Crippen LogP contribution < -0.4 is 5.32 Å². The maximum absolute atomic E-state index is 12.0. The Morgan fingerprint density at radius 2 is 2.00 bits per heavy atom. The third kappa shape index (κ3) is 3.31. The molecule has 0 unspecified atom stereocenters. The predicted octanol–water partition coefficient (Wildman–Crippen LogP) is 4.08. The largest absolute Gasteiger partial charge is 0.441 e. The summed E-state index contributed by atoms with van der Waals surface area (Å²) in [4.78, 5) is 16.3. The number of hydrogen-bond donors (Lipinski definition) is 1. The monoisotopic (exact) mass is 344 g/mol. The van der Waals surface area contributed by atoms with Crippen molar-refractivity contribution in [3.05, 3.63) is 58.4 Å². The van der Waals surface area contributed by atoms with Crippen molar-refractivity contribution >= 4 is 38.6 Å². The maximum Gasteiger partial charge on any atom is 0.228 e. The Hall–Kier alpha value is -2.14. The second-order valence-corrected chi connectivity index (χ2v) is 5.68. The molecular weight excluding hydrogens is 332 g/mol. The molecule has 0 atom stereocenters. The third-order valence-electron chi connectivity index (χ3n) is 3.05. The zero-order chi connectivity index (χ0) is 14.8. The van der Waals surface area contributed by atoms with Crippen molar-refractivity contribution in [3.8, 4) is 0 Å². The van der Waals surface area contributed by atoms with Crippen LogP contribution in [0.15, 0.2) is 51.4 Å². The first-order valence-electron chi connectivity index (χ1n) is 6.52. The number of anilines is 1. The second-order valence-electron chi connectivity index (χ2n) is 4.77. The fourth-order valence-electron chi connectivity index (χ4n) is 2.12. The summed E-state index contributed by atoms with van der Waals surface area (Å²) < 4.78 is 6.40. The van der Waals surface area contributed by atoms with E-state index >= 15 is 0 Å². The van der Waals surface area contributed by atoms with Gasteiger partial charge in [0, 0.05) is 17.1 Å². The highest BCUT2D eigenvalue weighted by Crippen LogP contribution is 2.18. The molecule has 0 fully saturated rings. The van der Waals surface area contributed by atoms with Crippen molar-refractivity contribution in [2.75, 3.05) is 5.32 Å². The van der Waals surface area contributed by atoms with E-state index in [1.807, 2.05) is 42.5 Å². The van der Waals surface area contributed by atoms with Gasteiger partial charge in [-0.25, -0.2) is 4.98 Å². The number of rotatable bonds is 3. The van der Waals surface area contributed by atoms with Crippen LogP contribution in [0.2, 0.25) is 0 Å². The fraction of sp³-hybridized carbons (Fsp3) is 0.125. The van der Waals surface area contributed by atoms with Crippen LogP contribution in [0.4, 0.5) is 5.69 Å². The Balaban J connectivity index is 1.71. The molecular formula is C16H13BrN2O2. The van der Waals surface area contributed by atoms with Gasteiger partial charge >= 0.3 is 0 Å². The van der Waals surface area contributed by atoms with Gasteiger partial charge < -0.3 is 9.73 Å². The number of nitrogens with one attached hydrogen (secondary N) is 1. The van der Waals surface area contributed by atoms with E-state index in [1.165, 1.54) is 0 Å². The van der Waals surface area contributed by atoms with E-state index < -0.39 is 0 Å². The van der Waals surface area contributed by atoms with E-state index in [0.29, 0.717) is 12.3 Å². The van der Waals surface area contributed by atoms with Crippen molar-refractivity contribution in [1.29, 1.82) is 0 Å². The van der Waals surface area contributed by atoms with Gasteiger partial charge in [-0.15, -0.1) is 0 Å². The molecule has 4 nitrogen and oxygen atoms in total. The van der Waals surface area contributed by atoms with Crippen LogP contribution >= 0.6 is 15.9 Å². The minimum Gasteiger partial charge on any atom is -0.441 e. The first kappa shape index (κ1) is 13.8. The lowest BCUT2D eigenvalue weighted by atomic mass is 10.1. The zero-order valence-electron chi connectivity index (χ0n) is 11.4. The highest BCUT2D eigenvalue weighted by molar-refractivity contribution is 9.10. The third-order valence-corrected chi connectivity index (χ3v) is 3.58. The fourth-order valence-corrected chi connectivity index (χ4v) is 2.39. The number of aromatic nitrogens is 1. The van der Waals surface area contributed by atoms with Gasteiger partial charge in [0.05, 0.1) is 6.42 Å². The van der Waals surface area contributed by atoms with Gasteiger partial charge in [-0.3, -0.25) is 4.79 Å². The van der Waals surface area contributed by atoms with E-state index in [2.05, 4.69) is 26.2 Å². The molecule has 3 rings (SSSR count). The highest BCUT2D eigenvalue weighted by atomic mass is 79.9. The summed E-state index contributed by atoms with van der Waals surface area (Å²) in [6.45, 7) is 1.81. The van der Waals surface area contributed by atoms with E-state index in [0.717, 1.165) is 26.8 Å². The lowest BCUT2D eigenvalue weighted by molar-refractivity contribution is -0.115. The van der Waals surface area contributed by atoms with Crippen molar-refractivity contribution in [3.63, 3.8) is 0 Å². The van der Waals surface area contributed by atoms with Crippen LogP contribution in [0.3, 0.4) is 0 Å². The predicted molar refractivity (Wildman–Crippen MR) is 85.2 cm³/mol. The van der Waals surface area contributed by atoms with Crippen LogP contribution in [-0.4, -0.2) is 10.9 Å². The number of oxazole rings is 1. The minimum atomic E-state index is -0.0584. The van der Waals surface area contributed by atoms with Gasteiger partial charge in [-0.1, -0.05) is 22.0 Å². The number of nitrogens with zero attached hydrogens (tertiary/aromatic N) is 1. The molecule has 0 aliphatic heterocycles. The Kier molecular flexibility index (Phi) is 3.75. The van der Waals surface area contributed by atoms with Crippen molar-refractivity contribution in [1.82, 2.24) is 4.98 Å². The van der Waals surface area contributed by atoms with Crippen LogP contribution in [-0.2, 0) is 11.2 Å². The molecule has 1 aromatic heterocycles. The number of carbonyl (C=O) groups is 1. The Bertz CT molecular complexity index is 794. The molecule has 1 N–H and O–H groups in total. The zero-order valence-corrected chi connectivity index (χ0v) is 13.0. The summed E-state index contributed by atoms with van der Waals surface area (Å²) in [6, 6.07) is 13.1. The highest BCUT2D eigenvalue weighted by Gasteiger charge is 2.07. The molecule has 1 heterocycles. The van der Waals surface area contributed by atoms with Crippen molar-refractivity contribution < 1.29 is 9.21 Å². The topological polar surface area (TPSA) is 55.1 Å². The Morgan fingerprint density at radius 3 is 2.76 bits per heavy atom. The van der Waals surface area contributed by atoms with Crippen LogP contribution in [0, 0.1) is 6.92 Å². The summed E-state index contributed by atoms with van der Waals surface area (Å²) in [5, 5.41) is 2.87. The molecule has 106 valence electrons. The van der Waals surface area contributed by atoms with Crippen molar-refractivity contribution in [2.45, 2.75) is 13.3 Å². The number of halogens is 1. The summed E-state index contributed by atoms with van der Waals surface area (Å²) in [7, 11) is 0. The Labute approximate surface area is 130 Å². The molecule has 0 radical (unpaired) electrons. The lowest BCUT2D eigenvalue weighted by Crippen LogP contribution is -2.14. The number of aryl methyl sites for hydroxylation is 1. The average molecular weight is 345 g/mol. The minimum absolute atomic E-state index is 0.0584. The summed E-state index contributed by atoms with van der Waals surface area (Å²) in [6.07, 6.45) is 0.303. The number of amides is 1. The molecule has 0 aliphatic carbocycles. The summed E-state index contributed by atoms with van der Waals surface area (Å²) >= 11 is 3.36. The van der Waals surface area contributed by atoms with Gasteiger partial charge in [-0.2, -0.15) is 0 Å². The van der Waals surface area contributed by atoms with E-state index in [-0.39, 0.29) is 5.91 Å². The van der Waals surface area contributed by atoms with Gasteiger partial charge in [-0.05, 0) is 42.0 Å². The molecule has 2 aromatic carbocycles. The molecule has 0 spiro atoms. The molecule has 0 saturated carbocycles. The first-order chi connectivity index (χ1) is 10.1. The van der Waals surface area contributed by atoms with Gasteiger partial charge in [0.15, 0.2) is 11.5 Å². The SMILES string of the molecule is Cc1nc2cc(CC(=O)Nc3ccc(Br)cc3)ccc2o1. The first-order valence-corrected chi connectivity index (χ1v) is 7.31. The van der Waals surface area contributed by atoms with Crippen molar-refractivity contribution in [2.24, 2.45) is 0 Å². The summed E-state index contributed by atoms with van der Waals surface area (Å²) in [5.41, 5.74) is 3.21. The average Bonchev–Trinajstić information content (AvgIpc) is 2.80. The number of benzene rings is 2. The van der Waals surface area contributed by atoms with Gasteiger partial charge in [0.2, 0.25) is 5.91 Å². The number of fused-ring (bicyclic) bond motifs is 1. The van der Waals surface area contributed by atoms with Crippen LogP contribution in [0.1, 0.15) is 11.5 Å². The maximum atomic E-state index is 12.0. The van der Waals surface area contributed by atoms with Crippen LogP contribution in [0.5, 0.6) is 0 Å². The van der Waals surface area contributed by atoms with E-state index in [9.17, 15) is 4.79 Å². The normalized spacial score (nSPS) is 10.8. The van der Waals surface area contributed by atoms with E-state index in [1.54, 1.807) is 6.92 Å². The lowest BCUT2D eigenvalue weighted by Gasteiger charge is -2.05.